The molecule has 0 saturated carbocycles. The van der Waals surface area contributed by atoms with Crippen LogP contribution in [-0.4, -0.2) is 5.48 Å². The molecular formula is H2Cl3LuO. The summed E-state index contributed by atoms with van der Waals surface area (Å²) in [6.07, 6.45) is 0. The summed E-state index contributed by atoms with van der Waals surface area (Å²) in [6, 6.07) is 0. The van der Waals surface area contributed by atoms with Crippen molar-refractivity contribution in [3.05, 3.63) is 0 Å². The van der Waals surface area contributed by atoms with Crippen molar-refractivity contribution in [2.45, 2.75) is 0 Å². The van der Waals surface area contributed by atoms with Crippen LogP contribution in [0, 0.1) is 36.9 Å². The van der Waals surface area contributed by atoms with Gasteiger partial charge in [0.15, 0.2) is 0 Å². The van der Waals surface area contributed by atoms with E-state index in [-0.39, 0.29) is 79.6 Å². The minimum atomic E-state index is 0. The van der Waals surface area contributed by atoms with Gasteiger partial charge in [-0.25, -0.2) is 0 Å². The van der Waals surface area contributed by atoms with Crippen molar-refractivity contribution >= 4 is 0 Å². The first-order chi connectivity index (χ1) is 0. The third-order valence-electron chi connectivity index (χ3n) is 0. The Morgan fingerprint density at radius 2 is 0.600 bits per heavy atom. The standard InChI is InChI=1S/3ClH.Lu.H2O/h3*1H;;1H2/q;;;+3;/p-3. The van der Waals surface area contributed by atoms with Crippen LogP contribution in [0.3, 0.4) is 0 Å². The Balaban J connectivity index is 0. The molecule has 44 valence electrons. The van der Waals surface area contributed by atoms with Crippen LogP contribution in [0.2, 0.25) is 0 Å². The predicted molar refractivity (Wildman–Crippen MR) is 3.61 cm³/mol. The molecule has 0 aliphatic rings. The summed E-state index contributed by atoms with van der Waals surface area (Å²) in [5, 5.41) is 0. The molecule has 0 fully saturated rings. The molecule has 0 bridgehead atoms. The molecule has 0 aliphatic carbocycles. The summed E-state index contributed by atoms with van der Waals surface area (Å²) >= 11 is 0. The molecule has 0 aromatic carbocycles. The van der Waals surface area contributed by atoms with Gasteiger partial charge < -0.3 is 42.7 Å². The van der Waals surface area contributed by atoms with Crippen LogP contribution in [0.15, 0.2) is 0 Å². The van der Waals surface area contributed by atoms with Crippen molar-refractivity contribution < 1.29 is 79.6 Å². The van der Waals surface area contributed by atoms with Crippen LogP contribution in [0.25, 0.3) is 0 Å². The first kappa shape index (κ1) is 61.0. The second-order valence-electron chi connectivity index (χ2n) is 0. The summed E-state index contributed by atoms with van der Waals surface area (Å²) in [5.74, 6) is 0. The normalized spacial score (nSPS) is 0. The summed E-state index contributed by atoms with van der Waals surface area (Å²) < 4.78 is 0. The minimum absolute atomic E-state index is 0. The van der Waals surface area contributed by atoms with Crippen molar-refractivity contribution in [3.63, 3.8) is 0 Å². The van der Waals surface area contributed by atoms with E-state index in [1.54, 1.807) is 0 Å². The van der Waals surface area contributed by atoms with E-state index >= 15 is 0 Å². The van der Waals surface area contributed by atoms with E-state index in [0.717, 1.165) is 0 Å². The van der Waals surface area contributed by atoms with Gasteiger partial charge in [0.1, 0.15) is 0 Å². The number of rotatable bonds is 0. The van der Waals surface area contributed by atoms with E-state index in [1.807, 2.05) is 0 Å². The summed E-state index contributed by atoms with van der Waals surface area (Å²) in [4.78, 5) is 0. The number of hydrogen-bond donors (Lipinski definition) is 0. The third-order valence-corrected chi connectivity index (χ3v) is 0. The molecule has 0 saturated heterocycles. The van der Waals surface area contributed by atoms with Crippen molar-refractivity contribution in [1.29, 1.82) is 0 Å². The van der Waals surface area contributed by atoms with Gasteiger partial charge in [0.25, 0.3) is 0 Å². The quantitative estimate of drug-likeness (QED) is 0.426. The maximum Gasteiger partial charge on any atom is 3.00 e. The molecule has 0 aliphatic heterocycles. The monoisotopic (exact) mass is 298 g/mol. The fraction of sp³-hybridized carbons (Fsp3) is 0. The van der Waals surface area contributed by atoms with Crippen molar-refractivity contribution in [1.82, 2.24) is 0 Å². The van der Waals surface area contributed by atoms with Gasteiger partial charge >= 0.3 is 36.9 Å². The van der Waals surface area contributed by atoms with Crippen LogP contribution < -0.4 is 37.2 Å². The molecule has 5 heavy (non-hydrogen) atoms. The van der Waals surface area contributed by atoms with Gasteiger partial charge in [0.2, 0.25) is 0 Å². The maximum absolute atomic E-state index is 0. The smallest absolute Gasteiger partial charge is 1.00 e. The minimum Gasteiger partial charge on any atom is -1.00 e. The fourth-order valence-corrected chi connectivity index (χ4v) is 0. The van der Waals surface area contributed by atoms with Crippen molar-refractivity contribution in [3.8, 4) is 0 Å². The van der Waals surface area contributed by atoms with Crippen LogP contribution in [-0.2, 0) is 0 Å². The molecule has 0 radical (unpaired) electrons. The van der Waals surface area contributed by atoms with Crippen LogP contribution in [0.4, 0.5) is 0 Å². The molecule has 0 heterocycles. The average molecular weight is 299 g/mol. The second-order valence-corrected chi connectivity index (χ2v) is 0. The second kappa shape index (κ2) is 36.5. The predicted octanol–water partition coefficient (Wildman–Crippen LogP) is -9.81. The van der Waals surface area contributed by atoms with E-state index in [0.29, 0.717) is 0 Å². The van der Waals surface area contributed by atoms with Crippen LogP contribution >= 0.6 is 0 Å². The van der Waals surface area contributed by atoms with Gasteiger partial charge in [0, 0.05) is 0 Å². The van der Waals surface area contributed by atoms with E-state index in [1.165, 1.54) is 0 Å². The fourth-order valence-electron chi connectivity index (χ4n) is 0. The SMILES string of the molecule is O.[Cl-].[Cl-].[Cl-].[Lu+3]. The van der Waals surface area contributed by atoms with E-state index in [9.17, 15) is 0 Å². The Labute approximate surface area is 78.6 Å². The topological polar surface area (TPSA) is 31.5 Å². The zero-order valence-corrected chi connectivity index (χ0v) is 5.82. The van der Waals surface area contributed by atoms with Gasteiger partial charge in [-0.1, -0.05) is 0 Å². The summed E-state index contributed by atoms with van der Waals surface area (Å²) in [5.41, 5.74) is 0. The molecule has 2 N–H and O–H groups in total. The molecule has 0 rings (SSSR count). The van der Waals surface area contributed by atoms with Crippen molar-refractivity contribution in [2.75, 3.05) is 0 Å². The maximum atomic E-state index is 0. The van der Waals surface area contributed by atoms with Gasteiger partial charge in [-0.3, -0.25) is 0 Å². The Hall–Kier alpha value is 2.06. The first-order valence-corrected chi connectivity index (χ1v) is 0. The Bertz CT molecular complexity index is 6.85. The van der Waals surface area contributed by atoms with Gasteiger partial charge in [0.05, 0.1) is 0 Å². The number of hydrogen-bond acceptors (Lipinski definition) is 0. The summed E-state index contributed by atoms with van der Waals surface area (Å²) in [6.45, 7) is 0. The summed E-state index contributed by atoms with van der Waals surface area (Å²) in [7, 11) is 0. The van der Waals surface area contributed by atoms with E-state index < -0.39 is 0 Å². The average Bonchev–Trinajstić information content (AvgIpc) is 0. The molecule has 0 atom stereocenters. The van der Waals surface area contributed by atoms with Crippen molar-refractivity contribution in [2.24, 2.45) is 0 Å². The van der Waals surface area contributed by atoms with Crippen LogP contribution in [0.5, 0.6) is 0 Å². The third kappa shape index (κ3) is 23.5. The van der Waals surface area contributed by atoms with Gasteiger partial charge in [-0.15, -0.1) is 0 Å². The molecule has 0 amide bonds. The van der Waals surface area contributed by atoms with Crippen LogP contribution in [0.1, 0.15) is 0 Å². The molecule has 5 heteroatoms. The largest absolute Gasteiger partial charge is 3.00 e. The molecule has 1 nitrogen and oxygen atoms in total. The Kier molecular flexibility index (Phi) is 445. The number of halogens is 3. The van der Waals surface area contributed by atoms with E-state index in [4.69, 9.17) is 0 Å². The first-order valence-electron chi connectivity index (χ1n) is 0. The molecule has 0 aromatic heterocycles. The molecule has 0 aromatic rings. The zero-order valence-electron chi connectivity index (χ0n) is 1.89. The molecular weight excluding hydrogens is 297 g/mol. The zero-order chi connectivity index (χ0) is 0. The Morgan fingerprint density at radius 3 is 0.600 bits per heavy atom. The van der Waals surface area contributed by atoms with E-state index in [2.05, 4.69) is 0 Å². The van der Waals surface area contributed by atoms with Gasteiger partial charge in [-0.2, -0.15) is 0 Å². The molecule has 0 unspecified atom stereocenters. The molecule has 0 spiro atoms. The van der Waals surface area contributed by atoms with Gasteiger partial charge in [-0.05, 0) is 0 Å². The Morgan fingerprint density at radius 1 is 0.600 bits per heavy atom.